The number of aliphatic hydroxyl groups is 1. The highest BCUT2D eigenvalue weighted by molar-refractivity contribution is 5.94. The molecule has 2 aromatic heterocycles. The second kappa shape index (κ2) is 6.77. The van der Waals surface area contributed by atoms with E-state index in [1.54, 1.807) is 35.6 Å². The molecule has 138 valence electrons. The van der Waals surface area contributed by atoms with Gasteiger partial charge in [-0.05, 0) is 31.9 Å². The van der Waals surface area contributed by atoms with Gasteiger partial charge in [0, 0.05) is 43.3 Å². The van der Waals surface area contributed by atoms with E-state index in [2.05, 4.69) is 15.2 Å². The Balaban J connectivity index is 1.45. The van der Waals surface area contributed by atoms with Gasteiger partial charge in [-0.3, -0.25) is 9.36 Å². The van der Waals surface area contributed by atoms with Crippen molar-refractivity contribution in [1.82, 2.24) is 24.6 Å². The van der Waals surface area contributed by atoms with Crippen molar-refractivity contribution in [2.24, 2.45) is 5.41 Å². The Morgan fingerprint density at radius 1 is 1.35 bits per heavy atom. The van der Waals surface area contributed by atoms with E-state index < -0.39 is 0 Å². The minimum Gasteiger partial charge on any atom is -0.392 e. The van der Waals surface area contributed by atoms with Gasteiger partial charge in [-0.1, -0.05) is 0 Å². The van der Waals surface area contributed by atoms with Gasteiger partial charge in [0.2, 0.25) is 0 Å². The number of nitrogens with zero attached hydrogens (tertiary/aromatic N) is 5. The number of piperidine rings is 1. The first-order valence-electron chi connectivity index (χ1n) is 9.04. The van der Waals surface area contributed by atoms with E-state index >= 15 is 0 Å². The van der Waals surface area contributed by atoms with Crippen LogP contribution in [0.15, 0.2) is 31.0 Å². The highest BCUT2D eigenvalue weighted by Gasteiger charge is 2.56. The third-order valence-corrected chi connectivity index (χ3v) is 5.77. The maximum atomic E-state index is 12.9. The molecule has 0 bridgehead atoms. The Labute approximate surface area is 151 Å². The summed E-state index contributed by atoms with van der Waals surface area (Å²) in [5, 5.41) is 17.8. The molecular weight excluding hydrogens is 334 g/mol. The van der Waals surface area contributed by atoms with Gasteiger partial charge < -0.3 is 14.7 Å². The topological polar surface area (TPSA) is 93.4 Å². The molecule has 0 radical (unpaired) electrons. The smallest absolute Gasteiger partial charge is 0.254 e. The monoisotopic (exact) mass is 357 g/mol. The van der Waals surface area contributed by atoms with Crippen LogP contribution >= 0.6 is 0 Å². The fraction of sp³-hybridized carbons (Fsp3) is 0.556. The van der Waals surface area contributed by atoms with Gasteiger partial charge in [0.15, 0.2) is 0 Å². The Morgan fingerprint density at radius 3 is 2.73 bits per heavy atom. The van der Waals surface area contributed by atoms with Gasteiger partial charge in [-0.15, -0.1) is 10.2 Å². The van der Waals surface area contributed by atoms with Crippen LogP contribution in [0.1, 0.15) is 36.5 Å². The van der Waals surface area contributed by atoms with E-state index in [0.29, 0.717) is 37.5 Å². The molecule has 8 heteroatoms. The van der Waals surface area contributed by atoms with E-state index in [1.807, 2.05) is 11.8 Å². The van der Waals surface area contributed by atoms with E-state index in [4.69, 9.17) is 4.74 Å². The third kappa shape index (κ3) is 2.79. The molecule has 2 aliphatic rings. The van der Waals surface area contributed by atoms with Crippen molar-refractivity contribution in [3.8, 4) is 5.82 Å². The number of carbonyl (C=O) groups excluding carboxylic acids is 1. The zero-order chi connectivity index (χ0) is 18.1. The normalized spacial score (nSPS) is 24.5. The van der Waals surface area contributed by atoms with Crippen LogP contribution in [0, 0.1) is 5.41 Å². The van der Waals surface area contributed by atoms with Crippen molar-refractivity contribution in [3.63, 3.8) is 0 Å². The molecule has 2 fully saturated rings. The average Bonchev–Trinajstić information content (AvgIpc) is 3.22. The Hall–Kier alpha value is -2.32. The fourth-order valence-corrected chi connectivity index (χ4v) is 4.14. The number of rotatable bonds is 4. The van der Waals surface area contributed by atoms with Crippen molar-refractivity contribution >= 4 is 5.91 Å². The van der Waals surface area contributed by atoms with Crippen LogP contribution in [0.25, 0.3) is 5.82 Å². The summed E-state index contributed by atoms with van der Waals surface area (Å²) in [4.78, 5) is 19.0. The molecular formula is C18H23N5O3. The van der Waals surface area contributed by atoms with Crippen molar-refractivity contribution < 1.29 is 14.6 Å². The summed E-state index contributed by atoms with van der Waals surface area (Å²) in [5.41, 5.74) is 0.411. The summed E-state index contributed by atoms with van der Waals surface area (Å²) in [6.07, 6.45) is 6.75. The lowest BCUT2D eigenvalue weighted by atomic mass is 9.58. The SMILES string of the molecule is CCO[C@H]1C[C@@H](O)C12CCN(C(=O)c1ccnc(-n3cnnc3)c1)CC2. The van der Waals surface area contributed by atoms with Crippen LogP contribution in [0.2, 0.25) is 0 Å². The number of aromatic nitrogens is 4. The van der Waals surface area contributed by atoms with Crippen molar-refractivity contribution in [1.29, 1.82) is 0 Å². The summed E-state index contributed by atoms with van der Waals surface area (Å²) in [7, 11) is 0. The van der Waals surface area contributed by atoms with Gasteiger partial charge in [0.1, 0.15) is 18.5 Å². The predicted octanol–water partition coefficient (Wildman–Crippen LogP) is 1.05. The lowest BCUT2D eigenvalue weighted by Gasteiger charge is -2.56. The molecule has 1 saturated carbocycles. The van der Waals surface area contributed by atoms with E-state index in [1.165, 1.54) is 0 Å². The summed E-state index contributed by atoms with van der Waals surface area (Å²) >= 11 is 0. The van der Waals surface area contributed by atoms with Crippen LogP contribution in [0.4, 0.5) is 0 Å². The molecule has 1 saturated heterocycles. The van der Waals surface area contributed by atoms with Crippen LogP contribution in [0.5, 0.6) is 0 Å². The number of likely N-dealkylation sites (tertiary alicyclic amines) is 1. The minimum atomic E-state index is -0.322. The molecule has 3 heterocycles. The first-order valence-corrected chi connectivity index (χ1v) is 9.04. The predicted molar refractivity (Wildman–Crippen MR) is 92.8 cm³/mol. The number of ether oxygens (including phenoxy) is 1. The fourth-order valence-electron chi connectivity index (χ4n) is 4.14. The summed E-state index contributed by atoms with van der Waals surface area (Å²) in [6.45, 7) is 3.89. The molecule has 26 heavy (non-hydrogen) atoms. The highest BCUT2D eigenvalue weighted by atomic mass is 16.5. The number of aliphatic hydroxyl groups excluding tert-OH is 1. The number of hydrogen-bond donors (Lipinski definition) is 1. The standard InChI is InChI=1S/C18H23N5O3/c1-2-26-15-10-14(24)18(15)4-7-22(8-5-18)17(25)13-3-6-19-16(9-13)23-11-20-21-12-23/h3,6,9,11-12,14-15,24H,2,4-5,7-8,10H2,1H3/t14-,15+/m1/s1. The maximum absolute atomic E-state index is 12.9. The van der Waals surface area contributed by atoms with Crippen molar-refractivity contribution in [3.05, 3.63) is 36.5 Å². The second-order valence-corrected chi connectivity index (χ2v) is 6.99. The van der Waals surface area contributed by atoms with Gasteiger partial charge in [-0.2, -0.15) is 0 Å². The lowest BCUT2D eigenvalue weighted by molar-refractivity contribution is -0.207. The van der Waals surface area contributed by atoms with E-state index in [0.717, 1.165) is 12.8 Å². The summed E-state index contributed by atoms with van der Waals surface area (Å²) in [5.74, 6) is 0.596. The quantitative estimate of drug-likeness (QED) is 0.879. The molecule has 8 nitrogen and oxygen atoms in total. The van der Waals surface area contributed by atoms with Gasteiger partial charge in [-0.25, -0.2) is 4.98 Å². The zero-order valence-electron chi connectivity index (χ0n) is 14.8. The molecule has 1 aliphatic carbocycles. The Morgan fingerprint density at radius 2 is 2.08 bits per heavy atom. The van der Waals surface area contributed by atoms with Crippen LogP contribution in [-0.2, 0) is 4.74 Å². The van der Waals surface area contributed by atoms with Crippen molar-refractivity contribution in [2.75, 3.05) is 19.7 Å². The largest absolute Gasteiger partial charge is 0.392 e. The number of amides is 1. The molecule has 2 aromatic rings. The first-order chi connectivity index (χ1) is 12.6. The number of hydrogen-bond acceptors (Lipinski definition) is 6. The molecule has 0 unspecified atom stereocenters. The number of pyridine rings is 1. The molecule has 1 N–H and O–H groups in total. The third-order valence-electron chi connectivity index (χ3n) is 5.77. The van der Waals surface area contributed by atoms with E-state index in [-0.39, 0.29) is 23.5 Å². The van der Waals surface area contributed by atoms with Gasteiger partial charge in [0.05, 0.1) is 12.2 Å². The van der Waals surface area contributed by atoms with Crippen LogP contribution in [0.3, 0.4) is 0 Å². The highest BCUT2D eigenvalue weighted by Crippen LogP contribution is 2.51. The average molecular weight is 357 g/mol. The Kier molecular flexibility index (Phi) is 4.46. The van der Waals surface area contributed by atoms with Gasteiger partial charge in [0.25, 0.3) is 5.91 Å². The van der Waals surface area contributed by atoms with Crippen LogP contribution in [-0.4, -0.2) is 67.6 Å². The van der Waals surface area contributed by atoms with E-state index in [9.17, 15) is 9.90 Å². The maximum Gasteiger partial charge on any atom is 0.254 e. The van der Waals surface area contributed by atoms with Crippen LogP contribution < -0.4 is 0 Å². The first kappa shape index (κ1) is 17.1. The number of carbonyl (C=O) groups is 1. The van der Waals surface area contributed by atoms with Crippen molar-refractivity contribution in [2.45, 2.75) is 38.4 Å². The molecule has 1 aliphatic heterocycles. The molecule has 2 atom stereocenters. The molecule has 4 rings (SSSR count). The molecule has 1 amide bonds. The second-order valence-electron chi connectivity index (χ2n) is 6.99. The summed E-state index contributed by atoms with van der Waals surface area (Å²) in [6, 6.07) is 3.47. The minimum absolute atomic E-state index is 0.0154. The van der Waals surface area contributed by atoms with Gasteiger partial charge >= 0.3 is 0 Å². The zero-order valence-corrected chi connectivity index (χ0v) is 14.8. The summed E-state index contributed by atoms with van der Waals surface area (Å²) < 4.78 is 7.46. The molecule has 1 spiro atoms. The molecule has 0 aromatic carbocycles. The lowest BCUT2D eigenvalue weighted by Crippen LogP contribution is -2.62. The Bertz CT molecular complexity index is 769.